The Morgan fingerprint density at radius 3 is 2.44 bits per heavy atom. The molecule has 0 radical (unpaired) electrons. The lowest BCUT2D eigenvalue weighted by Crippen LogP contribution is -2.22. The zero-order valence-electron chi connectivity index (χ0n) is 10.2. The number of carboxylic acids is 1. The number of carbonyl (C=O) groups excluding carboxylic acids is 1. The van der Waals surface area contributed by atoms with Crippen molar-refractivity contribution in [2.75, 3.05) is 7.11 Å². The van der Waals surface area contributed by atoms with Gasteiger partial charge in [0.05, 0.1) is 32.7 Å². The third-order valence-corrected chi connectivity index (χ3v) is 2.35. The quantitative estimate of drug-likeness (QED) is 0.746. The molecule has 18 heavy (non-hydrogen) atoms. The van der Waals surface area contributed by atoms with E-state index in [1.807, 2.05) is 30.3 Å². The molecular weight excluding hydrogens is 236 g/mol. The summed E-state index contributed by atoms with van der Waals surface area (Å²) < 4.78 is 9.93. The van der Waals surface area contributed by atoms with Crippen molar-refractivity contribution >= 4 is 11.9 Å². The van der Waals surface area contributed by atoms with Gasteiger partial charge in [-0.3, -0.25) is 9.59 Å². The number of carbonyl (C=O) groups is 2. The van der Waals surface area contributed by atoms with Gasteiger partial charge in [0.25, 0.3) is 0 Å². The summed E-state index contributed by atoms with van der Waals surface area (Å²) in [4.78, 5) is 21.8. The van der Waals surface area contributed by atoms with Crippen molar-refractivity contribution in [1.29, 1.82) is 0 Å². The number of ether oxygens (including phenoxy) is 2. The number of hydrogen-bond donors (Lipinski definition) is 1. The number of hydrogen-bond acceptors (Lipinski definition) is 4. The SMILES string of the molecule is COC(=O)C[C@@H](CC(=O)O)OCc1ccccc1. The molecule has 1 rings (SSSR count). The average Bonchev–Trinajstić information content (AvgIpc) is 2.36. The smallest absolute Gasteiger partial charge is 0.308 e. The van der Waals surface area contributed by atoms with E-state index < -0.39 is 18.0 Å². The largest absolute Gasteiger partial charge is 0.481 e. The second kappa shape index (κ2) is 7.45. The molecule has 5 nitrogen and oxygen atoms in total. The first kappa shape index (κ1) is 14.2. The molecule has 98 valence electrons. The molecular formula is C13H16O5. The van der Waals surface area contributed by atoms with Crippen molar-refractivity contribution in [2.45, 2.75) is 25.6 Å². The lowest BCUT2D eigenvalue weighted by Gasteiger charge is -2.14. The van der Waals surface area contributed by atoms with Crippen LogP contribution in [0.25, 0.3) is 0 Å². The zero-order valence-corrected chi connectivity index (χ0v) is 10.2. The molecule has 1 N–H and O–H groups in total. The van der Waals surface area contributed by atoms with Crippen LogP contribution >= 0.6 is 0 Å². The number of esters is 1. The maximum absolute atomic E-state index is 11.1. The Kier molecular flexibility index (Phi) is 5.87. The minimum absolute atomic E-state index is 0.0599. The van der Waals surface area contributed by atoms with Crippen molar-refractivity contribution in [3.05, 3.63) is 35.9 Å². The Labute approximate surface area is 105 Å². The molecule has 5 heteroatoms. The monoisotopic (exact) mass is 252 g/mol. The standard InChI is InChI=1S/C13H16O5/c1-17-13(16)8-11(7-12(14)15)18-9-10-5-3-2-4-6-10/h2-6,11H,7-9H2,1H3,(H,14,15)/t11-/m1/s1. The topological polar surface area (TPSA) is 72.8 Å². The minimum Gasteiger partial charge on any atom is -0.481 e. The van der Waals surface area contributed by atoms with Crippen molar-refractivity contribution in [3.63, 3.8) is 0 Å². The van der Waals surface area contributed by atoms with E-state index >= 15 is 0 Å². The van der Waals surface area contributed by atoms with Gasteiger partial charge in [0.15, 0.2) is 0 Å². The summed E-state index contributed by atoms with van der Waals surface area (Å²) in [7, 11) is 1.26. The van der Waals surface area contributed by atoms with Gasteiger partial charge in [0.2, 0.25) is 0 Å². The summed E-state index contributed by atoms with van der Waals surface area (Å²) in [5, 5.41) is 8.73. The van der Waals surface area contributed by atoms with Crippen LogP contribution in [0.5, 0.6) is 0 Å². The molecule has 0 aliphatic rings. The van der Waals surface area contributed by atoms with Crippen LogP contribution in [-0.2, 0) is 25.7 Å². The van der Waals surface area contributed by atoms with Crippen LogP contribution in [0.15, 0.2) is 30.3 Å². The highest BCUT2D eigenvalue weighted by Gasteiger charge is 2.18. The van der Waals surface area contributed by atoms with E-state index in [2.05, 4.69) is 4.74 Å². The lowest BCUT2D eigenvalue weighted by molar-refractivity contribution is -0.147. The first-order chi connectivity index (χ1) is 8.61. The third-order valence-electron chi connectivity index (χ3n) is 2.35. The van der Waals surface area contributed by atoms with E-state index in [1.165, 1.54) is 7.11 Å². The molecule has 0 fully saturated rings. The first-order valence-corrected chi connectivity index (χ1v) is 5.56. The van der Waals surface area contributed by atoms with Crippen LogP contribution in [-0.4, -0.2) is 30.3 Å². The Balaban J connectivity index is 2.50. The molecule has 0 amide bonds. The summed E-state index contributed by atoms with van der Waals surface area (Å²) in [6.45, 7) is 0.274. The highest BCUT2D eigenvalue weighted by molar-refractivity contribution is 5.72. The molecule has 0 aliphatic heterocycles. The number of methoxy groups -OCH3 is 1. The van der Waals surface area contributed by atoms with Gasteiger partial charge < -0.3 is 14.6 Å². The van der Waals surface area contributed by atoms with Crippen molar-refractivity contribution in [2.24, 2.45) is 0 Å². The van der Waals surface area contributed by atoms with E-state index in [1.54, 1.807) is 0 Å². The van der Waals surface area contributed by atoms with Crippen LogP contribution in [0.4, 0.5) is 0 Å². The molecule has 1 aromatic rings. The summed E-state index contributed by atoms with van der Waals surface area (Å²) in [6.07, 6.45) is -0.951. The van der Waals surface area contributed by atoms with Gasteiger partial charge in [-0.2, -0.15) is 0 Å². The molecule has 0 aromatic heterocycles. The summed E-state index contributed by atoms with van der Waals surface area (Å²) in [5.41, 5.74) is 0.928. The van der Waals surface area contributed by atoms with Crippen LogP contribution in [0, 0.1) is 0 Å². The van der Waals surface area contributed by atoms with E-state index in [4.69, 9.17) is 9.84 Å². The summed E-state index contributed by atoms with van der Waals surface area (Å²) in [5.74, 6) is -1.48. The minimum atomic E-state index is -1.00. The van der Waals surface area contributed by atoms with Gasteiger partial charge >= 0.3 is 11.9 Å². The fourth-order valence-electron chi connectivity index (χ4n) is 1.44. The summed E-state index contributed by atoms with van der Waals surface area (Å²) >= 11 is 0. The molecule has 1 aromatic carbocycles. The molecule has 0 spiro atoms. The Bertz CT molecular complexity index is 388. The highest BCUT2D eigenvalue weighted by Crippen LogP contribution is 2.10. The van der Waals surface area contributed by atoms with Gasteiger partial charge in [-0.15, -0.1) is 0 Å². The molecule has 0 saturated carbocycles. The second-order valence-corrected chi connectivity index (χ2v) is 3.80. The van der Waals surface area contributed by atoms with Gasteiger partial charge in [-0.1, -0.05) is 30.3 Å². The molecule has 0 heterocycles. The van der Waals surface area contributed by atoms with E-state index in [9.17, 15) is 9.59 Å². The fourth-order valence-corrected chi connectivity index (χ4v) is 1.44. The normalized spacial score (nSPS) is 11.8. The van der Waals surface area contributed by atoms with Crippen LogP contribution < -0.4 is 0 Å². The number of aliphatic carboxylic acids is 1. The predicted molar refractivity (Wildman–Crippen MR) is 63.9 cm³/mol. The van der Waals surface area contributed by atoms with Crippen LogP contribution in [0.1, 0.15) is 18.4 Å². The predicted octanol–water partition coefficient (Wildman–Crippen LogP) is 1.61. The molecule has 0 bridgehead atoms. The van der Waals surface area contributed by atoms with Gasteiger partial charge in [-0.05, 0) is 5.56 Å². The first-order valence-electron chi connectivity index (χ1n) is 5.56. The molecule has 0 saturated heterocycles. The van der Waals surface area contributed by atoms with Gasteiger partial charge in [-0.25, -0.2) is 0 Å². The van der Waals surface area contributed by atoms with E-state index in [0.717, 1.165) is 5.56 Å². The number of benzene rings is 1. The third kappa shape index (κ3) is 5.45. The maximum Gasteiger partial charge on any atom is 0.308 e. The Morgan fingerprint density at radius 1 is 1.22 bits per heavy atom. The zero-order chi connectivity index (χ0) is 13.4. The van der Waals surface area contributed by atoms with Crippen molar-refractivity contribution in [3.8, 4) is 0 Å². The molecule has 0 unspecified atom stereocenters. The van der Waals surface area contributed by atoms with E-state index in [0.29, 0.717) is 0 Å². The number of carboxylic acid groups (broad SMARTS) is 1. The number of rotatable bonds is 7. The van der Waals surface area contributed by atoms with Crippen LogP contribution in [0.2, 0.25) is 0 Å². The van der Waals surface area contributed by atoms with Gasteiger partial charge in [0, 0.05) is 0 Å². The van der Waals surface area contributed by atoms with E-state index in [-0.39, 0.29) is 19.4 Å². The van der Waals surface area contributed by atoms with Crippen LogP contribution in [0.3, 0.4) is 0 Å². The average molecular weight is 252 g/mol. The van der Waals surface area contributed by atoms with Gasteiger partial charge in [0.1, 0.15) is 0 Å². The fraction of sp³-hybridized carbons (Fsp3) is 0.385. The Hall–Kier alpha value is -1.88. The molecule has 1 atom stereocenters. The Morgan fingerprint density at radius 2 is 1.89 bits per heavy atom. The summed E-state index contributed by atoms with van der Waals surface area (Å²) in [6, 6.07) is 9.36. The molecule has 0 aliphatic carbocycles. The van der Waals surface area contributed by atoms with Crippen molar-refractivity contribution in [1.82, 2.24) is 0 Å². The lowest BCUT2D eigenvalue weighted by atomic mass is 10.2. The maximum atomic E-state index is 11.1. The van der Waals surface area contributed by atoms with Crippen molar-refractivity contribution < 1.29 is 24.2 Å². The highest BCUT2D eigenvalue weighted by atomic mass is 16.5. The second-order valence-electron chi connectivity index (χ2n) is 3.80.